The fraction of sp³-hybridized carbons (Fsp3) is 0.0625. The predicted octanol–water partition coefficient (Wildman–Crippen LogP) is 2.74. The number of hydrogen-bond acceptors (Lipinski definition) is 4. The topological polar surface area (TPSA) is 79.6 Å². The number of carboxylic acids is 1. The lowest BCUT2D eigenvalue weighted by Gasteiger charge is -2.09. The van der Waals surface area contributed by atoms with Crippen LogP contribution in [0.4, 0.5) is 9.18 Å². The van der Waals surface area contributed by atoms with Gasteiger partial charge in [-0.3, -0.25) is 19.3 Å². The van der Waals surface area contributed by atoms with E-state index in [1.54, 1.807) is 41.1 Å². The Hall–Kier alpha value is -2.87. The molecule has 8 heteroatoms. The maximum Gasteiger partial charge on any atom is 0.323 e. The quantitative estimate of drug-likeness (QED) is 0.861. The molecule has 0 atom stereocenters. The summed E-state index contributed by atoms with van der Waals surface area (Å²) >= 11 is 0.658. The third-order valence-electron chi connectivity index (χ3n) is 3.34. The number of nitrogens with zero attached hydrogens (tertiary/aromatic N) is 2. The van der Waals surface area contributed by atoms with Crippen molar-refractivity contribution in [3.8, 4) is 5.69 Å². The summed E-state index contributed by atoms with van der Waals surface area (Å²) in [4.78, 5) is 35.4. The number of amides is 2. The zero-order valence-corrected chi connectivity index (χ0v) is 13.0. The molecule has 0 bridgehead atoms. The maximum atomic E-state index is 13.9. The van der Waals surface area contributed by atoms with Gasteiger partial charge >= 0.3 is 5.97 Å². The first-order valence-electron chi connectivity index (χ1n) is 6.87. The van der Waals surface area contributed by atoms with Crippen LogP contribution in [0.1, 0.15) is 5.69 Å². The number of aliphatic carboxylic acids is 1. The maximum absolute atomic E-state index is 13.9. The molecule has 1 aromatic carbocycles. The SMILES string of the molecule is O=C(O)CN1C(=O)S/C(=C/c2cccn2-c2ccccc2F)C1=O. The number of hydrogen-bond donors (Lipinski definition) is 1. The van der Waals surface area contributed by atoms with Gasteiger partial charge in [-0.2, -0.15) is 0 Å². The molecule has 1 saturated heterocycles. The lowest BCUT2D eigenvalue weighted by atomic mass is 10.3. The van der Waals surface area contributed by atoms with Crippen molar-refractivity contribution in [3.05, 3.63) is 59.0 Å². The molecular formula is C16H11FN2O4S. The number of thioether (sulfide) groups is 1. The predicted molar refractivity (Wildman–Crippen MR) is 86.0 cm³/mol. The van der Waals surface area contributed by atoms with E-state index in [-0.39, 0.29) is 4.91 Å². The second-order valence-electron chi connectivity index (χ2n) is 4.92. The number of carboxylic acid groups (broad SMARTS) is 1. The Bertz CT molecular complexity index is 874. The number of aromatic nitrogens is 1. The molecule has 1 aliphatic heterocycles. The van der Waals surface area contributed by atoms with E-state index in [4.69, 9.17) is 5.11 Å². The van der Waals surface area contributed by atoms with E-state index in [2.05, 4.69) is 0 Å². The molecule has 2 heterocycles. The van der Waals surface area contributed by atoms with Crippen molar-refractivity contribution in [2.45, 2.75) is 0 Å². The zero-order chi connectivity index (χ0) is 17.3. The molecule has 24 heavy (non-hydrogen) atoms. The Morgan fingerprint density at radius 2 is 1.96 bits per heavy atom. The van der Waals surface area contributed by atoms with E-state index < -0.39 is 29.5 Å². The molecule has 2 aromatic rings. The van der Waals surface area contributed by atoms with Crippen LogP contribution in [0, 0.1) is 5.82 Å². The van der Waals surface area contributed by atoms with Gasteiger partial charge in [0, 0.05) is 11.9 Å². The summed E-state index contributed by atoms with van der Waals surface area (Å²) < 4.78 is 15.5. The van der Waals surface area contributed by atoms with E-state index in [0.717, 1.165) is 0 Å². The van der Waals surface area contributed by atoms with Gasteiger partial charge < -0.3 is 9.67 Å². The summed E-state index contributed by atoms with van der Waals surface area (Å²) in [6.07, 6.45) is 3.07. The normalized spacial score (nSPS) is 16.2. The van der Waals surface area contributed by atoms with E-state index in [1.807, 2.05) is 0 Å². The summed E-state index contributed by atoms with van der Waals surface area (Å²) in [5, 5.41) is 8.11. The minimum Gasteiger partial charge on any atom is -0.480 e. The van der Waals surface area contributed by atoms with Crippen molar-refractivity contribution in [3.63, 3.8) is 0 Å². The Morgan fingerprint density at radius 3 is 2.67 bits per heavy atom. The first-order valence-corrected chi connectivity index (χ1v) is 7.68. The lowest BCUT2D eigenvalue weighted by Crippen LogP contribution is -2.33. The molecule has 3 rings (SSSR count). The smallest absolute Gasteiger partial charge is 0.323 e. The van der Waals surface area contributed by atoms with Gasteiger partial charge in [-0.05, 0) is 42.1 Å². The number of para-hydroxylation sites is 1. The minimum absolute atomic E-state index is 0.0949. The fourth-order valence-corrected chi connectivity index (χ4v) is 3.11. The van der Waals surface area contributed by atoms with E-state index in [1.165, 1.54) is 12.1 Å². The summed E-state index contributed by atoms with van der Waals surface area (Å²) in [6, 6.07) is 9.50. The third-order valence-corrected chi connectivity index (χ3v) is 4.25. The van der Waals surface area contributed by atoms with Gasteiger partial charge in [0.1, 0.15) is 12.4 Å². The summed E-state index contributed by atoms with van der Waals surface area (Å²) in [5.74, 6) is -2.37. The molecule has 0 saturated carbocycles. The van der Waals surface area contributed by atoms with Crippen molar-refractivity contribution in [2.24, 2.45) is 0 Å². The lowest BCUT2D eigenvalue weighted by molar-refractivity contribution is -0.140. The van der Waals surface area contributed by atoms with E-state index >= 15 is 0 Å². The molecule has 0 radical (unpaired) electrons. The number of carbonyl (C=O) groups is 3. The number of rotatable bonds is 4. The van der Waals surface area contributed by atoms with Crippen molar-refractivity contribution >= 4 is 35.0 Å². The second-order valence-corrected chi connectivity index (χ2v) is 5.91. The second kappa shape index (κ2) is 6.32. The van der Waals surface area contributed by atoms with Crippen LogP contribution in [0.3, 0.4) is 0 Å². The highest BCUT2D eigenvalue weighted by Gasteiger charge is 2.36. The first kappa shape index (κ1) is 16.0. The highest BCUT2D eigenvalue weighted by Crippen LogP contribution is 2.32. The Morgan fingerprint density at radius 1 is 1.21 bits per heavy atom. The van der Waals surface area contributed by atoms with Gasteiger partial charge in [0.15, 0.2) is 0 Å². The summed E-state index contributed by atoms with van der Waals surface area (Å²) in [5.41, 5.74) is 0.805. The van der Waals surface area contributed by atoms with Crippen LogP contribution in [-0.2, 0) is 9.59 Å². The number of benzene rings is 1. The molecule has 1 fully saturated rings. The molecule has 1 N–H and O–H groups in total. The molecule has 0 unspecified atom stereocenters. The minimum atomic E-state index is -1.27. The molecule has 0 spiro atoms. The summed E-state index contributed by atoms with van der Waals surface area (Å²) in [6.45, 7) is -0.684. The molecule has 2 amide bonds. The van der Waals surface area contributed by atoms with E-state index in [9.17, 15) is 18.8 Å². The van der Waals surface area contributed by atoms with Crippen molar-refractivity contribution < 1.29 is 23.9 Å². The van der Waals surface area contributed by atoms with Crippen LogP contribution in [0.15, 0.2) is 47.5 Å². The first-order chi connectivity index (χ1) is 11.5. The molecule has 0 aliphatic carbocycles. The van der Waals surface area contributed by atoms with Gasteiger partial charge in [0.2, 0.25) is 0 Å². The van der Waals surface area contributed by atoms with Gasteiger partial charge in [-0.25, -0.2) is 4.39 Å². The third kappa shape index (κ3) is 2.95. The van der Waals surface area contributed by atoms with Crippen LogP contribution in [0.2, 0.25) is 0 Å². The fourth-order valence-electron chi connectivity index (χ4n) is 2.28. The average Bonchev–Trinajstić information content (AvgIpc) is 3.08. The van der Waals surface area contributed by atoms with Crippen molar-refractivity contribution in [1.82, 2.24) is 9.47 Å². The van der Waals surface area contributed by atoms with Crippen LogP contribution in [0.5, 0.6) is 0 Å². The van der Waals surface area contributed by atoms with Crippen LogP contribution in [0.25, 0.3) is 11.8 Å². The zero-order valence-electron chi connectivity index (χ0n) is 12.2. The van der Waals surface area contributed by atoms with Gasteiger partial charge in [-0.1, -0.05) is 12.1 Å². The standard InChI is InChI=1S/C16H11FN2O4S/c17-11-5-1-2-6-12(11)18-7-3-4-10(18)8-13-15(22)19(9-14(20)21)16(23)24-13/h1-8H,9H2,(H,20,21)/b13-8+. The van der Waals surface area contributed by atoms with Crippen LogP contribution >= 0.6 is 11.8 Å². The van der Waals surface area contributed by atoms with Crippen LogP contribution in [-0.4, -0.2) is 38.2 Å². The van der Waals surface area contributed by atoms with Gasteiger partial charge in [0.05, 0.1) is 10.6 Å². The van der Waals surface area contributed by atoms with Crippen molar-refractivity contribution in [2.75, 3.05) is 6.54 Å². The Balaban J connectivity index is 1.95. The van der Waals surface area contributed by atoms with Crippen molar-refractivity contribution in [1.29, 1.82) is 0 Å². The number of imide groups is 1. The van der Waals surface area contributed by atoms with Crippen LogP contribution < -0.4 is 0 Å². The highest BCUT2D eigenvalue weighted by molar-refractivity contribution is 8.18. The molecule has 1 aliphatic rings. The van der Waals surface area contributed by atoms with Gasteiger partial charge in [0.25, 0.3) is 11.1 Å². The average molecular weight is 346 g/mol. The molecule has 122 valence electrons. The summed E-state index contributed by atoms with van der Waals surface area (Å²) in [7, 11) is 0. The number of halogens is 1. The highest BCUT2D eigenvalue weighted by atomic mass is 32.2. The van der Waals surface area contributed by atoms with Gasteiger partial charge in [-0.15, -0.1) is 0 Å². The monoisotopic (exact) mass is 346 g/mol. The Kier molecular flexibility index (Phi) is 4.22. The molecule has 1 aromatic heterocycles. The van der Waals surface area contributed by atoms with E-state index in [0.29, 0.717) is 28.0 Å². The molecule has 6 nitrogen and oxygen atoms in total. The molecular weight excluding hydrogens is 335 g/mol. The Labute approximate surface area is 140 Å². The number of carbonyl (C=O) groups excluding carboxylic acids is 2. The largest absolute Gasteiger partial charge is 0.480 e.